The highest BCUT2D eigenvalue weighted by molar-refractivity contribution is 6.25. The van der Waals surface area contributed by atoms with Gasteiger partial charge in [0, 0.05) is 44.0 Å². The normalized spacial score (nSPS) is 11.4. The molecule has 2 aromatic heterocycles. The van der Waals surface area contributed by atoms with E-state index in [9.17, 15) is 0 Å². The van der Waals surface area contributed by atoms with Crippen molar-refractivity contribution in [3.8, 4) is 89.7 Å². The van der Waals surface area contributed by atoms with Crippen LogP contribution in [0.15, 0.2) is 261 Å². The van der Waals surface area contributed by atoms with Gasteiger partial charge in [0.25, 0.3) is 0 Å². The molecule has 0 saturated carbocycles. The fraction of sp³-hybridized carbons (Fsp3) is 0. The summed E-state index contributed by atoms with van der Waals surface area (Å²) in [5.74, 6) is 0.672. The number of aromatic nitrogens is 3. The van der Waals surface area contributed by atoms with Gasteiger partial charge in [-0.05, 0) is 84.8 Å². The molecule has 11 aromatic carbocycles. The molecule has 0 saturated heterocycles. The quantitative estimate of drug-likeness (QED) is 0.143. The Morgan fingerprint density at radius 3 is 1.34 bits per heavy atom. The van der Waals surface area contributed by atoms with Crippen LogP contribution in [0.5, 0.6) is 0 Å². The monoisotopic (exact) mass is 889 g/mol. The van der Waals surface area contributed by atoms with Gasteiger partial charge in [-0.3, -0.25) is 0 Å². The Labute approximate surface area is 406 Å². The number of nitrogens with zero attached hydrogens (tertiary/aromatic N) is 3. The van der Waals surface area contributed by atoms with Crippen LogP contribution >= 0.6 is 0 Å². The molecule has 0 unspecified atom stereocenters. The minimum absolute atomic E-state index is 0.672. The fourth-order valence-corrected chi connectivity index (χ4v) is 10.2. The Morgan fingerprint density at radius 2 is 0.700 bits per heavy atom. The molecule has 0 aliphatic rings. The van der Waals surface area contributed by atoms with Crippen molar-refractivity contribution in [3.05, 3.63) is 261 Å². The fourth-order valence-electron chi connectivity index (χ4n) is 10.2. The van der Waals surface area contributed by atoms with E-state index in [1.165, 1.54) is 38.1 Å². The highest BCUT2D eigenvalue weighted by Gasteiger charge is 2.23. The van der Waals surface area contributed by atoms with Gasteiger partial charge in [-0.2, -0.15) is 0 Å². The van der Waals surface area contributed by atoms with Gasteiger partial charge >= 0.3 is 0 Å². The van der Waals surface area contributed by atoms with Crippen molar-refractivity contribution in [2.45, 2.75) is 0 Å². The number of rotatable bonds is 8. The summed E-state index contributed by atoms with van der Waals surface area (Å²) in [7, 11) is 0. The van der Waals surface area contributed by atoms with Crippen LogP contribution < -0.4 is 0 Å². The smallest absolute Gasteiger partial charge is 0.160 e. The van der Waals surface area contributed by atoms with Gasteiger partial charge in [0.05, 0.1) is 22.6 Å². The molecule has 13 aromatic rings. The molecule has 0 bridgehead atoms. The van der Waals surface area contributed by atoms with Gasteiger partial charge < -0.3 is 0 Å². The maximum atomic E-state index is 5.51. The molecule has 0 fully saturated rings. The molecule has 3 heteroatoms. The standard InChI is InChI=1S/C67H43N3/c1-4-17-44(18-5-1)47-31-36-49(37-32-47)65-62(66(70-67(69-65)51-22-8-3-9-23-51)50-38-33-48(34-39-50)45-19-6-2-7-20-45)54-26-16-25-53(42-54)59-43-60-63(57-28-13-12-27-56(57)59)58-29-14-15-30-61(58)68-64(60)55-40-35-46-21-10-11-24-52(46)41-55/h1-43H. The average Bonchev–Trinajstić information content (AvgIpc) is 3.45. The number of benzene rings is 11. The Balaban J connectivity index is 1.06. The van der Waals surface area contributed by atoms with E-state index in [2.05, 4.69) is 255 Å². The predicted octanol–water partition coefficient (Wildman–Crippen LogP) is 17.8. The van der Waals surface area contributed by atoms with Crippen molar-refractivity contribution in [2.75, 3.05) is 0 Å². The average molecular weight is 890 g/mol. The predicted molar refractivity (Wildman–Crippen MR) is 293 cm³/mol. The zero-order valence-corrected chi connectivity index (χ0v) is 38.2. The van der Waals surface area contributed by atoms with Crippen molar-refractivity contribution in [1.29, 1.82) is 0 Å². The van der Waals surface area contributed by atoms with E-state index >= 15 is 0 Å². The maximum absolute atomic E-state index is 5.51. The third-order valence-electron chi connectivity index (χ3n) is 13.7. The van der Waals surface area contributed by atoms with Crippen LogP contribution in [-0.2, 0) is 0 Å². The highest BCUT2D eigenvalue weighted by Crippen LogP contribution is 2.45. The molecule has 0 atom stereocenters. The second kappa shape index (κ2) is 17.4. The molecule has 70 heavy (non-hydrogen) atoms. The van der Waals surface area contributed by atoms with Crippen LogP contribution in [0.2, 0.25) is 0 Å². The number of fused-ring (bicyclic) bond motifs is 6. The molecule has 0 radical (unpaired) electrons. The van der Waals surface area contributed by atoms with Crippen molar-refractivity contribution in [3.63, 3.8) is 0 Å². The second-order valence-electron chi connectivity index (χ2n) is 17.9. The molecule has 0 spiro atoms. The van der Waals surface area contributed by atoms with Crippen LogP contribution in [0.1, 0.15) is 0 Å². The second-order valence-corrected chi connectivity index (χ2v) is 17.9. The van der Waals surface area contributed by atoms with Gasteiger partial charge in [-0.15, -0.1) is 0 Å². The van der Waals surface area contributed by atoms with Crippen LogP contribution in [0.3, 0.4) is 0 Å². The van der Waals surface area contributed by atoms with Gasteiger partial charge in [0.2, 0.25) is 0 Å². The molecular weight excluding hydrogens is 847 g/mol. The summed E-state index contributed by atoms with van der Waals surface area (Å²) >= 11 is 0. The Bertz CT molecular complexity index is 3970. The van der Waals surface area contributed by atoms with E-state index in [4.69, 9.17) is 15.0 Å². The lowest BCUT2D eigenvalue weighted by molar-refractivity contribution is 1.18. The Kier molecular flexibility index (Phi) is 10.2. The molecule has 0 N–H and O–H groups in total. The third-order valence-corrected chi connectivity index (χ3v) is 13.7. The van der Waals surface area contributed by atoms with E-state index in [-0.39, 0.29) is 0 Å². The molecule has 13 rings (SSSR count). The van der Waals surface area contributed by atoms with Crippen molar-refractivity contribution < 1.29 is 0 Å². The summed E-state index contributed by atoms with van der Waals surface area (Å²) in [6, 6.07) is 93.0. The molecule has 3 nitrogen and oxygen atoms in total. The van der Waals surface area contributed by atoms with Crippen LogP contribution in [0.25, 0.3) is 133 Å². The van der Waals surface area contributed by atoms with Gasteiger partial charge in [0.1, 0.15) is 0 Å². The minimum Gasteiger partial charge on any atom is -0.247 e. The Hall–Kier alpha value is -9.31. The Morgan fingerprint density at radius 1 is 0.229 bits per heavy atom. The highest BCUT2D eigenvalue weighted by atomic mass is 14.9. The van der Waals surface area contributed by atoms with Crippen LogP contribution in [0.4, 0.5) is 0 Å². The van der Waals surface area contributed by atoms with Crippen molar-refractivity contribution >= 4 is 43.2 Å². The lowest BCUT2D eigenvalue weighted by Gasteiger charge is -2.19. The first-order valence-electron chi connectivity index (χ1n) is 23.8. The first-order valence-corrected chi connectivity index (χ1v) is 23.8. The lowest BCUT2D eigenvalue weighted by Crippen LogP contribution is -2.01. The van der Waals surface area contributed by atoms with Crippen molar-refractivity contribution in [2.24, 2.45) is 0 Å². The maximum Gasteiger partial charge on any atom is 0.160 e. The molecule has 0 aliphatic carbocycles. The van der Waals surface area contributed by atoms with E-state index < -0.39 is 0 Å². The molecule has 2 heterocycles. The van der Waals surface area contributed by atoms with E-state index in [1.807, 2.05) is 6.07 Å². The third kappa shape index (κ3) is 7.38. The van der Waals surface area contributed by atoms with Crippen molar-refractivity contribution in [1.82, 2.24) is 15.0 Å². The number of hydrogen-bond acceptors (Lipinski definition) is 3. The van der Waals surface area contributed by atoms with Gasteiger partial charge in [0.15, 0.2) is 5.82 Å². The summed E-state index contributed by atoms with van der Waals surface area (Å²) in [4.78, 5) is 16.5. The summed E-state index contributed by atoms with van der Waals surface area (Å²) in [6.45, 7) is 0. The SMILES string of the molecule is c1ccc(-c2ccc(-c3nc(-c4ccccc4)nc(-c4ccc(-c5ccccc5)cc4)c3-c3cccc(-c4cc5c(-c6ccc7ccccc7c6)nc6ccccc6c5c5ccccc45)c3)cc2)cc1. The topological polar surface area (TPSA) is 38.7 Å². The minimum atomic E-state index is 0.672. The zero-order valence-electron chi connectivity index (χ0n) is 38.2. The van der Waals surface area contributed by atoms with E-state index in [0.717, 1.165) is 89.0 Å². The van der Waals surface area contributed by atoms with E-state index in [0.29, 0.717) is 5.82 Å². The van der Waals surface area contributed by atoms with Crippen LogP contribution in [0, 0.1) is 0 Å². The number of hydrogen-bond donors (Lipinski definition) is 0. The van der Waals surface area contributed by atoms with Crippen LogP contribution in [-0.4, -0.2) is 15.0 Å². The molecule has 326 valence electrons. The summed E-state index contributed by atoms with van der Waals surface area (Å²) < 4.78 is 0. The first kappa shape index (κ1) is 40.9. The summed E-state index contributed by atoms with van der Waals surface area (Å²) in [5, 5.41) is 8.22. The summed E-state index contributed by atoms with van der Waals surface area (Å²) in [5.41, 5.74) is 16.6. The number of pyridine rings is 1. The molecular formula is C67H43N3. The summed E-state index contributed by atoms with van der Waals surface area (Å²) in [6.07, 6.45) is 0. The molecule has 0 amide bonds. The van der Waals surface area contributed by atoms with Gasteiger partial charge in [-0.1, -0.05) is 237 Å². The number of para-hydroxylation sites is 1. The largest absolute Gasteiger partial charge is 0.247 e. The molecule has 0 aliphatic heterocycles. The van der Waals surface area contributed by atoms with Gasteiger partial charge in [-0.25, -0.2) is 15.0 Å². The first-order chi connectivity index (χ1) is 34.7. The zero-order chi connectivity index (χ0) is 46.4. The van der Waals surface area contributed by atoms with E-state index in [1.54, 1.807) is 0 Å². The lowest BCUT2D eigenvalue weighted by atomic mass is 9.87.